The Bertz CT molecular complexity index is 130. The largest absolute Gasteiger partial charge is 0.358 e. The Hall–Kier alpha value is -0.0400. The molecule has 2 heterocycles. The van der Waals surface area contributed by atoms with Gasteiger partial charge >= 0.3 is 0 Å². The first kappa shape index (κ1) is 10.0. The van der Waals surface area contributed by atoms with Gasteiger partial charge in [-0.25, -0.2) is 0 Å². The van der Waals surface area contributed by atoms with Crippen LogP contribution in [0.1, 0.15) is 32.6 Å². The van der Waals surface area contributed by atoms with Gasteiger partial charge in [-0.15, -0.1) is 0 Å². The molecule has 0 aromatic heterocycles. The van der Waals surface area contributed by atoms with Gasteiger partial charge in [-0.2, -0.15) is 0 Å². The van der Waals surface area contributed by atoms with Crippen molar-refractivity contribution in [3.63, 3.8) is 0 Å². The summed E-state index contributed by atoms with van der Waals surface area (Å²) in [5, 5.41) is 0. The SMILES string of the molecule is CC1CC[N+]2(CCCCC2)C1.[CH3-]. The Morgan fingerprint density at radius 3 is 2.17 bits per heavy atom. The third kappa shape index (κ3) is 1.82. The van der Waals surface area contributed by atoms with Crippen molar-refractivity contribution in [2.24, 2.45) is 5.92 Å². The van der Waals surface area contributed by atoms with E-state index < -0.39 is 0 Å². The van der Waals surface area contributed by atoms with Gasteiger partial charge in [0.2, 0.25) is 0 Å². The second-order valence-electron chi connectivity index (χ2n) is 4.65. The summed E-state index contributed by atoms with van der Waals surface area (Å²) < 4.78 is 1.49. The van der Waals surface area contributed by atoms with Crippen LogP contribution >= 0.6 is 0 Å². The van der Waals surface area contributed by atoms with Gasteiger partial charge in [-0.3, -0.25) is 0 Å². The van der Waals surface area contributed by atoms with Crippen molar-refractivity contribution >= 4 is 0 Å². The molecule has 12 heavy (non-hydrogen) atoms. The van der Waals surface area contributed by atoms with Crippen molar-refractivity contribution in [3.05, 3.63) is 7.43 Å². The Kier molecular flexibility index (Phi) is 3.16. The predicted octanol–water partition coefficient (Wildman–Crippen LogP) is 2.48. The summed E-state index contributed by atoms with van der Waals surface area (Å²) in [6.45, 7) is 8.37. The minimum absolute atomic E-state index is 0. The van der Waals surface area contributed by atoms with Crippen molar-refractivity contribution in [2.75, 3.05) is 26.2 Å². The maximum atomic E-state index is 2.42. The molecule has 2 fully saturated rings. The quantitative estimate of drug-likeness (QED) is 0.386. The molecular weight excluding hydrogens is 146 g/mol. The number of quaternary nitrogens is 1. The van der Waals surface area contributed by atoms with Crippen molar-refractivity contribution < 1.29 is 4.48 Å². The van der Waals surface area contributed by atoms with E-state index in [0.29, 0.717) is 0 Å². The highest BCUT2D eigenvalue weighted by Crippen LogP contribution is 2.28. The molecule has 2 aliphatic heterocycles. The first-order chi connectivity index (χ1) is 5.31. The van der Waals surface area contributed by atoms with Crippen molar-refractivity contribution in [3.8, 4) is 0 Å². The van der Waals surface area contributed by atoms with E-state index in [1.165, 1.54) is 56.3 Å². The molecule has 2 rings (SSSR count). The van der Waals surface area contributed by atoms with Gasteiger partial charge in [0.15, 0.2) is 0 Å². The maximum absolute atomic E-state index is 2.42. The average molecular weight is 169 g/mol. The van der Waals surface area contributed by atoms with E-state index in [-0.39, 0.29) is 7.43 Å². The Morgan fingerprint density at radius 2 is 1.67 bits per heavy atom. The van der Waals surface area contributed by atoms with Crippen LogP contribution < -0.4 is 0 Å². The van der Waals surface area contributed by atoms with E-state index >= 15 is 0 Å². The fraction of sp³-hybridized carbons (Fsp3) is 0.909. The molecule has 1 nitrogen and oxygen atoms in total. The average Bonchev–Trinajstić information content (AvgIpc) is 2.34. The number of hydrogen-bond donors (Lipinski definition) is 0. The molecule has 0 aliphatic carbocycles. The lowest BCUT2D eigenvalue weighted by Crippen LogP contribution is -2.49. The lowest BCUT2D eigenvalue weighted by atomic mass is 10.1. The molecule has 0 amide bonds. The third-order valence-corrected chi connectivity index (χ3v) is 3.56. The number of piperidine rings is 1. The van der Waals surface area contributed by atoms with Gasteiger partial charge in [-0.05, 0) is 19.3 Å². The van der Waals surface area contributed by atoms with Gasteiger partial charge < -0.3 is 11.9 Å². The normalized spacial score (nSPS) is 33.2. The molecule has 1 spiro atoms. The molecule has 72 valence electrons. The van der Waals surface area contributed by atoms with E-state index in [9.17, 15) is 0 Å². The van der Waals surface area contributed by atoms with Gasteiger partial charge in [0.25, 0.3) is 0 Å². The zero-order valence-electron chi connectivity index (χ0n) is 8.68. The molecule has 0 N–H and O–H groups in total. The number of hydrogen-bond acceptors (Lipinski definition) is 0. The summed E-state index contributed by atoms with van der Waals surface area (Å²) in [4.78, 5) is 0. The van der Waals surface area contributed by atoms with Crippen molar-refractivity contribution in [1.82, 2.24) is 0 Å². The zero-order chi connectivity index (χ0) is 7.73. The van der Waals surface area contributed by atoms with Crippen LogP contribution in [0.4, 0.5) is 0 Å². The third-order valence-electron chi connectivity index (χ3n) is 3.56. The summed E-state index contributed by atoms with van der Waals surface area (Å²) in [6, 6.07) is 0. The predicted molar refractivity (Wildman–Crippen MR) is 53.8 cm³/mol. The summed E-state index contributed by atoms with van der Waals surface area (Å²) >= 11 is 0. The summed E-state index contributed by atoms with van der Waals surface area (Å²) in [6.07, 6.45) is 5.97. The molecule has 0 radical (unpaired) electrons. The summed E-state index contributed by atoms with van der Waals surface area (Å²) in [7, 11) is 0. The Balaban J connectivity index is 0.000000720. The highest BCUT2D eigenvalue weighted by Gasteiger charge is 2.36. The minimum Gasteiger partial charge on any atom is -0.358 e. The molecule has 1 unspecified atom stereocenters. The van der Waals surface area contributed by atoms with Crippen molar-refractivity contribution in [2.45, 2.75) is 32.6 Å². The van der Waals surface area contributed by atoms with Crippen LogP contribution in [0.3, 0.4) is 0 Å². The highest BCUT2D eigenvalue weighted by atomic mass is 15.4. The fourth-order valence-corrected chi connectivity index (χ4v) is 2.93. The van der Waals surface area contributed by atoms with E-state index in [2.05, 4.69) is 6.92 Å². The number of nitrogens with zero attached hydrogens (tertiary/aromatic N) is 1. The van der Waals surface area contributed by atoms with Crippen LogP contribution in [-0.2, 0) is 0 Å². The lowest BCUT2D eigenvalue weighted by Gasteiger charge is -2.37. The summed E-state index contributed by atoms with van der Waals surface area (Å²) in [5.74, 6) is 1.01. The van der Waals surface area contributed by atoms with Gasteiger partial charge in [0.05, 0.1) is 26.2 Å². The van der Waals surface area contributed by atoms with E-state index in [4.69, 9.17) is 0 Å². The first-order valence-corrected chi connectivity index (χ1v) is 5.16. The molecule has 0 aromatic carbocycles. The van der Waals surface area contributed by atoms with Gasteiger partial charge in [0, 0.05) is 12.3 Å². The molecular formula is C11H23N. The van der Waals surface area contributed by atoms with E-state index in [1.54, 1.807) is 0 Å². The monoisotopic (exact) mass is 169 g/mol. The van der Waals surface area contributed by atoms with Crippen LogP contribution in [0.25, 0.3) is 0 Å². The molecule has 0 bridgehead atoms. The topological polar surface area (TPSA) is 0 Å². The smallest absolute Gasteiger partial charge is 0.0814 e. The molecule has 0 saturated carbocycles. The zero-order valence-corrected chi connectivity index (χ0v) is 8.68. The van der Waals surface area contributed by atoms with Crippen LogP contribution in [0.5, 0.6) is 0 Å². The number of rotatable bonds is 0. The Labute approximate surface area is 77.4 Å². The van der Waals surface area contributed by atoms with Crippen molar-refractivity contribution in [1.29, 1.82) is 0 Å². The van der Waals surface area contributed by atoms with Gasteiger partial charge in [0.1, 0.15) is 0 Å². The maximum Gasteiger partial charge on any atom is 0.0814 e. The molecule has 1 atom stereocenters. The second-order valence-corrected chi connectivity index (χ2v) is 4.65. The molecule has 2 aliphatic rings. The van der Waals surface area contributed by atoms with Crippen LogP contribution in [-0.4, -0.2) is 30.7 Å². The first-order valence-electron chi connectivity index (χ1n) is 5.16. The van der Waals surface area contributed by atoms with Gasteiger partial charge in [-0.1, -0.05) is 6.92 Å². The minimum atomic E-state index is 0. The Morgan fingerprint density at radius 1 is 1.00 bits per heavy atom. The molecule has 1 heteroatoms. The summed E-state index contributed by atoms with van der Waals surface area (Å²) in [5.41, 5.74) is 0. The molecule has 0 aromatic rings. The standard InChI is InChI=1S/C10H20N.CH3/c1-10-5-8-11(9-10)6-3-2-4-7-11;/h10H,2-9H2,1H3;1H3/q+1;-1. The van der Waals surface area contributed by atoms with Crippen LogP contribution in [0.15, 0.2) is 0 Å². The van der Waals surface area contributed by atoms with Crippen LogP contribution in [0.2, 0.25) is 0 Å². The lowest BCUT2D eigenvalue weighted by molar-refractivity contribution is -0.922. The second kappa shape index (κ2) is 3.78. The van der Waals surface area contributed by atoms with Crippen LogP contribution in [0, 0.1) is 13.3 Å². The van der Waals surface area contributed by atoms with E-state index in [1.807, 2.05) is 0 Å². The molecule has 2 saturated heterocycles. The fourth-order valence-electron chi connectivity index (χ4n) is 2.93. The highest BCUT2D eigenvalue weighted by molar-refractivity contribution is 4.65. The van der Waals surface area contributed by atoms with E-state index in [0.717, 1.165) is 5.92 Å².